The summed E-state index contributed by atoms with van der Waals surface area (Å²) in [5.74, 6) is -0.640. The van der Waals surface area contributed by atoms with Crippen LogP contribution in [0, 0.1) is 11.3 Å². The second-order valence-corrected chi connectivity index (χ2v) is 7.92. The molecule has 2 aromatic rings. The number of likely N-dealkylation sites (N-methyl/N-ethyl adjacent to an activating group) is 1. The zero-order valence-electron chi connectivity index (χ0n) is 14.5. The maximum atomic E-state index is 13.1. The number of hydrogen-bond donors (Lipinski definition) is 1. The number of para-hydroxylation sites is 1. The summed E-state index contributed by atoms with van der Waals surface area (Å²) < 4.78 is 0.967. The molecule has 5 nitrogen and oxygen atoms in total. The first kappa shape index (κ1) is 19.2. The minimum atomic E-state index is -0.502. The molecule has 3 rings (SSSR count). The maximum Gasteiger partial charge on any atom is 0.264 e. The van der Waals surface area contributed by atoms with Gasteiger partial charge in [0.15, 0.2) is 0 Å². The molecule has 1 aliphatic heterocycles. The number of benzene rings is 2. The van der Waals surface area contributed by atoms with E-state index in [1.54, 1.807) is 12.1 Å². The van der Waals surface area contributed by atoms with Gasteiger partial charge in [-0.3, -0.25) is 14.5 Å². The smallest absolute Gasteiger partial charge is 0.264 e. The second-order valence-electron chi connectivity index (χ2n) is 5.82. The Morgan fingerprint density at radius 3 is 2.48 bits per heavy atom. The summed E-state index contributed by atoms with van der Waals surface area (Å²) in [6.45, 7) is 0. The average Bonchev–Trinajstić information content (AvgIpc) is 3.00. The molecule has 2 amide bonds. The van der Waals surface area contributed by atoms with Crippen molar-refractivity contribution in [1.82, 2.24) is 5.32 Å². The highest BCUT2D eigenvalue weighted by Crippen LogP contribution is 2.41. The summed E-state index contributed by atoms with van der Waals surface area (Å²) in [6.07, 6.45) is 0.510. The topological polar surface area (TPSA) is 73.2 Å². The second kappa shape index (κ2) is 8.42. The first-order chi connectivity index (χ1) is 13.0. The van der Waals surface area contributed by atoms with Gasteiger partial charge in [0.1, 0.15) is 16.7 Å². The number of rotatable bonds is 4. The van der Waals surface area contributed by atoms with Crippen LogP contribution in [0.5, 0.6) is 0 Å². The average molecular weight is 442 g/mol. The molecular formula is C20H16BrN3O2S. The molecule has 1 N–H and O–H groups in total. The Bertz CT molecular complexity index is 936. The molecule has 7 heteroatoms. The SMILES string of the molecule is CNC(=O)C(C#N)=C1SC(Cc2ccc(Br)cc2)C(=O)N1c1ccccc1. The fourth-order valence-electron chi connectivity index (χ4n) is 2.76. The van der Waals surface area contributed by atoms with Crippen LogP contribution < -0.4 is 10.2 Å². The molecule has 1 saturated heterocycles. The fraction of sp³-hybridized carbons (Fsp3) is 0.150. The quantitative estimate of drug-likeness (QED) is 0.580. The summed E-state index contributed by atoms with van der Waals surface area (Å²) in [7, 11) is 1.47. The van der Waals surface area contributed by atoms with E-state index < -0.39 is 11.2 Å². The lowest BCUT2D eigenvalue weighted by Gasteiger charge is -2.18. The first-order valence-electron chi connectivity index (χ1n) is 8.21. The van der Waals surface area contributed by atoms with Gasteiger partial charge in [0.05, 0.1) is 5.25 Å². The normalized spacial score (nSPS) is 18.2. The van der Waals surface area contributed by atoms with E-state index in [-0.39, 0.29) is 11.5 Å². The Morgan fingerprint density at radius 1 is 1.22 bits per heavy atom. The third kappa shape index (κ3) is 4.07. The molecule has 1 heterocycles. The number of nitrogens with one attached hydrogen (secondary N) is 1. The number of carbonyl (C=O) groups excluding carboxylic acids is 2. The van der Waals surface area contributed by atoms with Crippen molar-refractivity contribution in [3.8, 4) is 6.07 Å². The predicted molar refractivity (Wildman–Crippen MR) is 110 cm³/mol. The lowest BCUT2D eigenvalue weighted by atomic mass is 10.1. The first-order valence-corrected chi connectivity index (χ1v) is 9.89. The van der Waals surface area contributed by atoms with Crippen molar-refractivity contribution >= 4 is 45.2 Å². The molecule has 1 aliphatic rings. The third-order valence-corrected chi connectivity index (χ3v) is 5.87. The summed E-state index contributed by atoms with van der Waals surface area (Å²) >= 11 is 4.66. The fourth-order valence-corrected chi connectivity index (χ4v) is 4.33. The van der Waals surface area contributed by atoms with Crippen LogP contribution in [0.15, 0.2) is 69.7 Å². The summed E-state index contributed by atoms with van der Waals surface area (Å²) in [4.78, 5) is 26.8. The molecule has 1 unspecified atom stereocenters. The van der Waals surface area contributed by atoms with Gasteiger partial charge in [-0.1, -0.05) is 58.0 Å². The largest absolute Gasteiger partial charge is 0.354 e. The Labute approximate surface area is 170 Å². The van der Waals surface area contributed by atoms with Crippen molar-refractivity contribution in [1.29, 1.82) is 5.26 Å². The van der Waals surface area contributed by atoms with E-state index in [0.717, 1.165) is 10.0 Å². The van der Waals surface area contributed by atoms with Gasteiger partial charge in [-0.25, -0.2) is 0 Å². The minimum Gasteiger partial charge on any atom is -0.354 e. The summed E-state index contributed by atoms with van der Waals surface area (Å²) in [5.41, 5.74) is 1.59. The molecule has 1 atom stereocenters. The molecule has 0 aromatic heterocycles. The highest BCUT2D eigenvalue weighted by atomic mass is 79.9. The Kier molecular flexibility index (Phi) is 5.99. The van der Waals surface area contributed by atoms with Gasteiger partial charge in [-0.05, 0) is 36.2 Å². The van der Waals surface area contributed by atoms with Crippen LogP contribution in [0.25, 0.3) is 0 Å². The molecule has 0 saturated carbocycles. The highest BCUT2D eigenvalue weighted by molar-refractivity contribution is 9.10. The van der Waals surface area contributed by atoms with E-state index in [0.29, 0.717) is 17.1 Å². The third-order valence-electron chi connectivity index (χ3n) is 4.08. The van der Waals surface area contributed by atoms with Crippen molar-refractivity contribution in [3.63, 3.8) is 0 Å². The zero-order chi connectivity index (χ0) is 19.4. The number of nitriles is 1. The van der Waals surface area contributed by atoms with Crippen LogP contribution in [0.2, 0.25) is 0 Å². The number of hydrogen-bond acceptors (Lipinski definition) is 4. The van der Waals surface area contributed by atoms with Gasteiger partial charge < -0.3 is 5.32 Å². The zero-order valence-corrected chi connectivity index (χ0v) is 16.9. The minimum absolute atomic E-state index is 0.0574. The van der Waals surface area contributed by atoms with Crippen molar-refractivity contribution in [3.05, 3.63) is 75.2 Å². The van der Waals surface area contributed by atoms with E-state index >= 15 is 0 Å². The van der Waals surface area contributed by atoms with E-state index in [9.17, 15) is 14.9 Å². The van der Waals surface area contributed by atoms with Crippen LogP contribution in [0.3, 0.4) is 0 Å². The van der Waals surface area contributed by atoms with Crippen molar-refractivity contribution in [2.45, 2.75) is 11.7 Å². The molecule has 0 spiro atoms. The van der Waals surface area contributed by atoms with E-state index in [2.05, 4.69) is 21.2 Å². The van der Waals surface area contributed by atoms with E-state index in [1.807, 2.05) is 48.5 Å². The number of carbonyl (C=O) groups is 2. The molecule has 1 fully saturated rings. The number of halogens is 1. The number of nitrogens with zero attached hydrogens (tertiary/aromatic N) is 2. The molecular weight excluding hydrogens is 426 g/mol. The standard InChI is InChI=1S/C20H16BrN3O2S/c1-23-18(25)16(12-22)20-24(15-5-3-2-4-6-15)19(26)17(27-20)11-13-7-9-14(21)10-8-13/h2-10,17H,11H2,1H3,(H,23,25). The van der Waals surface area contributed by atoms with Crippen LogP contribution in [0.1, 0.15) is 5.56 Å². The number of thioether (sulfide) groups is 1. The number of anilines is 1. The van der Waals surface area contributed by atoms with Crippen molar-refractivity contribution < 1.29 is 9.59 Å². The van der Waals surface area contributed by atoms with Gasteiger partial charge >= 0.3 is 0 Å². The Hall–Kier alpha value is -2.56. The van der Waals surface area contributed by atoms with E-state index in [1.165, 1.54) is 23.7 Å². The van der Waals surface area contributed by atoms with Crippen molar-refractivity contribution in [2.75, 3.05) is 11.9 Å². The Balaban J connectivity index is 2.02. The van der Waals surface area contributed by atoms with Gasteiger partial charge in [0.2, 0.25) is 5.91 Å². The summed E-state index contributed by atoms with van der Waals surface area (Å²) in [6, 6.07) is 18.8. The molecule has 27 heavy (non-hydrogen) atoms. The number of amides is 2. The monoisotopic (exact) mass is 441 g/mol. The predicted octanol–water partition coefficient (Wildman–Crippen LogP) is 3.62. The Morgan fingerprint density at radius 2 is 1.89 bits per heavy atom. The van der Waals surface area contributed by atoms with Crippen LogP contribution in [-0.2, 0) is 16.0 Å². The van der Waals surface area contributed by atoms with Crippen LogP contribution in [-0.4, -0.2) is 24.1 Å². The van der Waals surface area contributed by atoms with Gasteiger partial charge in [-0.2, -0.15) is 5.26 Å². The lowest BCUT2D eigenvalue weighted by molar-refractivity contribution is -0.117. The van der Waals surface area contributed by atoms with Crippen molar-refractivity contribution in [2.24, 2.45) is 0 Å². The molecule has 2 aromatic carbocycles. The van der Waals surface area contributed by atoms with Gasteiger partial charge in [-0.15, -0.1) is 0 Å². The molecule has 0 bridgehead atoms. The van der Waals surface area contributed by atoms with E-state index in [4.69, 9.17) is 0 Å². The lowest BCUT2D eigenvalue weighted by Crippen LogP contribution is -2.31. The molecule has 0 radical (unpaired) electrons. The summed E-state index contributed by atoms with van der Waals surface area (Å²) in [5, 5.41) is 12.0. The van der Waals surface area contributed by atoms with Crippen LogP contribution >= 0.6 is 27.7 Å². The van der Waals surface area contributed by atoms with Gasteiger partial charge in [0, 0.05) is 17.2 Å². The van der Waals surface area contributed by atoms with Crippen LogP contribution in [0.4, 0.5) is 5.69 Å². The molecule has 0 aliphatic carbocycles. The highest BCUT2D eigenvalue weighted by Gasteiger charge is 2.40. The van der Waals surface area contributed by atoms with Gasteiger partial charge in [0.25, 0.3) is 5.91 Å². The maximum absolute atomic E-state index is 13.1. The molecule has 136 valence electrons.